The summed E-state index contributed by atoms with van der Waals surface area (Å²) in [7, 11) is 1.62. The molecule has 0 aliphatic heterocycles. The van der Waals surface area contributed by atoms with Crippen molar-refractivity contribution in [3.05, 3.63) is 29.8 Å². The van der Waals surface area contributed by atoms with Crippen LogP contribution in [0.5, 0.6) is 5.75 Å². The van der Waals surface area contributed by atoms with Crippen LogP contribution in [-0.2, 0) is 9.53 Å². The van der Waals surface area contributed by atoms with Gasteiger partial charge < -0.3 is 20.5 Å². The summed E-state index contributed by atoms with van der Waals surface area (Å²) in [5.41, 5.74) is 5.92. The zero-order valence-corrected chi connectivity index (χ0v) is 14.1. The van der Waals surface area contributed by atoms with E-state index in [0.717, 1.165) is 25.7 Å². The summed E-state index contributed by atoms with van der Waals surface area (Å²) in [6, 6.07) is 7.12. The van der Waals surface area contributed by atoms with E-state index in [-0.39, 0.29) is 17.7 Å². The SMILES string of the molecule is COCCOc1cccc(C(=O)NCC2CCC(C(N)=O)CC2)c1. The zero-order valence-electron chi connectivity index (χ0n) is 14.1. The van der Waals surface area contributed by atoms with Crippen LogP contribution in [0, 0.1) is 11.8 Å². The molecule has 3 N–H and O–H groups in total. The minimum atomic E-state index is -0.206. The minimum Gasteiger partial charge on any atom is -0.491 e. The number of benzene rings is 1. The molecule has 1 aliphatic rings. The van der Waals surface area contributed by atoms with E-state index >= 15 is 0 Å². The van der Waals surface area contributed by atoms with Crippen LogP contribution >= 0.6 is 0 Å². The number of amides is 2. The summed E-state index contributed by atoms with van der Waals surface area (Å²) in [6.45, 7) is 1.58. The molecule has 1 aromatic carbocycles. The lowest BCUT2D eigenvalue weighted by atomic mass is 9.81. The molecule has 0 aromatic heterocycles. The maximum atomic E-state index is 12.3. The van der Waals surface area contributed by atoms with Gasteiger partial charge in [-0.3, -0.25) is 9.59 Å². The molecule has 0 radical (unpaired) electrons. The highest BCUT2D eigenvalue weighted by atomic mass is 16.5. The van der Waals surface area contributed by atoms with Crippen molar-refractivity contribution in [2.45, 2.75) is 25.7 Å². The van der Waals surface area contributed by atoms with Gasteiger partial charge in [-0.1, -0.05) is 6.07 Å². The van der Waals surface area contributed by atoms with Gasteiger partial charge in [0.25, 0.3) is 5.91 Å². The van der Waals surface area contributed by atoms with Crippen LogP contribution in [0.3, 0.4) is 0 Å². The molecule has 0 unspecified atom stereocenters. The number of carbonyl (C=O) groups excluding carboxylic acids is 2. The fraction of sp³-hybridized carbons (Fsp3) is 0.556. The molecular formula is C18H26N2O4. The summed E-state index contributed by atoms with van der Waals surface area (Å²) in [5.74, 6) is 0.747. The maximum absolute atomic E-state index is 12.3. The molecule has 0 atom stereocenters. The van der Waals surface area contributed by atoms with Gasteiger partial charge in [-0.25, -0.2) is 0 Å². The summed E-state index contributed by atoms with van der Waals surface area (Å²) < 4.78 is 10.5. The number of nitrogens with two attached hydrogens (primary N) is 1. The van der Waals surface area contributed by atoms with Crippen LogP contribution in [0.25, 0.3) is 0 Å². The molecule has 0 saturated heterocycles. The molecule has 6 nitrogen and oxygen atoms in total. The molecule has 6 heteroatoms. The predicted molar refractivity (Wildman–Crippen MR) is 90.8 cm³/mol. The third-order valence-electron chi connectivity index (χ3n) is 4.45. The standard InChI is InChI=1S/C18H26N2O4/c1-23-9-10-24-16-4-2-3-15(11-16)18(22)20-12-13-5-7-14(8-6-13)17(19)21/h2-4,11,13-14H,5-10,12H2,1H3,(H2,19,21)(H,20,22). The second-order valence-corrected chi connectivity index (χ2v) is 6.20. The normalized spacial score (nSPS) is 20.4. The van der Waals surface area contributed by atoms with Crippen molar-refractivity contribution in [3.63, 3.8) is 0 Å². The van der Waals surface area contributed by atoms with Gasteiger partial charge in [0.05, 0.1) is 6.61 Å². The number of carbonyl (C=O) groups is 2. The Morgan fingerprint density at radius 2 is 1.96 bits per heavy atom. The largest absolute Gasteiger partial charge is 0.491 e. The third-order valence-corrected chi connectivity index (χ3v) is 4.45. The van der Waals surface area contributed by atoms with E-state index in [1.54, 1.807) is 25.3 Å². The summed E-state index contributed by atoms with van der Waals surface area (Å²) in [4.78, 5) is 23.4. The highest BCUT2D eigenvalue weighted by Crippen LogP contribution is 2.28. The monoisotopic (exact) mass is 334 g/mol. The third kappa shape index (κ3) is 5.53. The van der Waals surface area contributed by atoms with Crippen LogP contribution in [0.4, 0.5) is 0 Å². The Hall–Kier alpha value is -2.08. The van der Waals surface area contributed by atoms with Gasteiger partial charge in [0.2, 0.25) is 5.91 Å². The predicted octanol–water partition coefficient (Wildman–Crippen LogP) is 1.73. The van der Waals surface area contributed by atoms with Crippen LogP contribution in [-0.4, -0.2) is 38.7 Å². The lowest BCUT2D eigenvalue weighted by molar-refractivity contribution is -0.122. The number of methoxy groups -OCH3 is 1. The van der Waals surface area contributed by atoms with Crippen molar-refractivity contribution in [2.24, 2.45) is 17.6 Å². The molecule has 24 heavy (non-hydrogen) atoms. The molecule has 0 heterocycles. The van der Waals surface area contributed by atoms with Gasteiger partial charge in [0.1, 0.15) is 12.4 Å². The lowest BCUT2D eigenvalue weighted by Gasteiger charge is -2.26. The molecule has 1 aliphatic carbocycles. The van der Waals surface area contributed by atoms with Gasteiger partial charge in [-0.05, 0) is 49.8 Å². The number of ether oxygens (including phenoxy) is 2. The van der Waals surface area contributed by atoms with Crippen LogP contribution in [0.2, 0.25) is 0 Å². The fourth-order valence-electron chi connectivity index (χ4n) is 2.96. The highest BCUT2D eigenvalue weighted by molar-refractivity contribution is 5.94. The Balaban J connectivity index is 1.78. The molecule has 0 bridgehead atoms. The second kappa shape index (κ2) is 9.27. The molecule has 1 fully saturated rings. The number of hydrogen-bond acceptors (Lipinski definition) is 4. The first-order valence-corrected chi connectivity index (χ1v) is 8.39. The molecular weight excluding hydrogens is 308 g/mol. The molecule has 2 amide bonds. The van der Waals surface area contributed by atoms with Crippen molar-refractivity contribution in [1.82, 2.24) is 5.32 Å². The van der Waals surface area contributed by atoms with E-state index in [0.29, 0.717) is 37.0 Å². The van der Waals surface area contributed by atoms with Gasteiger partial charge in [-0.15, -0.1) is 0 Å². The van der Waals surface area contributed by atoms with Crippen LogP contribution in [0.1, 0.15) is 36.0 Å². The molecule has 0 spiro atoms. The van der Waals surface area contributed by atoms with Gasteiger partial charge >= 0.3 is 0 Å². The van der Waals surface area contributed by atoms with E-state index < -0.39 is 0 Å². The minimum absolute atomic E-state index is 0.00196. The summed E-state index contributed by atoms with van der Waals surface area (Å²) >= 11 is 0. The van der Waals surface area contributed by atoms with E-state index in [2.05, 4.69) is 5.32 Å². The van der Waals surface area contributed by atoms with Gasteiger partial charge in [0, 0.05) is 25.1 Å². The quantitative estimate of drug-likeness (QED) is 0.708. The van der Waals surface area contributed by atoms with Crippen molar-refractivity contribution < 1.29 is 19.1 Å². The summed E-state index contributed by atoms with van der Waals surface area (Å²) in [6.07, 6.45) is 3.49. The first-order valence-electron chi connectivity index (χ1n) is 8.39. The maximum Gasteiger partial charge on any atom is 0.251 e. The smallest absolute Gasteiger partial charge is 0.251 e. The number of rotatable bonds is 8. The van der Waals surface area contributed by atoms with Crippen LogP contribution < -0.4 is 15.8 Å². The zero-order chi connectivity index (χ0) is 17.4. The van der Waals surface area contributed by atoms with E-state index in [1.165, 1.54) is 0 Å². The second-order valence-electron chi connectivity index (χ2n) is 6.20. The molecule has 132 valence electrons. The van der Waals surface area contributed by atoms with Gasteiger partial charge in [-0.2, -0.15) is 0 Å². The Bertz CT molecular complexity index is 554. The first-order chi connectivity index (χ1) is 11.6. The van der Waals surface area contributed by atoms with E-state index in [4.69, 9.17) is 15.2 Å². The summed E-state index contributed by atoms with van der Waals surface area (Å²) in [5, 5.41) is 2.97. The molecule has 1 aromatic rings. The molecule has 1 saturated carbocycles. The number of hydrogen-bond donors (Lipinski definition) is 2. The topological polar surface area (TPSA) is 90.7 Å². The number of nitrogens with one attached hydrogen (secondary N) is 1. The Morgan fingerprint density at radius 3 is 2.62 bits per heavy atom. The Morgan fingerprint density at radius 1 is 1.21 bits per heavy atom. The first kappa shape index (κ1) is 18.3. The fourth-order valence-corrected chi connectivity index (χ4v) is 2.96. The van der Waals surface area contributed by atoms with Gasteiger partial charge in [0.15, 0.2) is 0 Å². The average Bonchev–Trinajstić information content (AvgIpc) is 2.60. The Labute approximate surface area is 142 Å². The van der Waals surface area contributed by atoms with Crippen molar-refractivity contribution in [1.29, 1.82) is 0 Å². The number of primary amides is 1. The van der Waals surface area contributed by atoms with Crippen molar-refractivity contribution in [2.75, 3.05) is 26.9 Å². The van der Waals surface area contributed by atoms with Crippen molar-refractivity contribution in [3.8, 4) is 5.75 Å². The Kier molecular flexibility index (Phi) is 7.06. The van der Waals surface area contributed by atoms with E-state index in [1.807, 2.05) is 6.07 Å². The average molecular weight is 334 g/mol. The van der Waals surface area contributed by atoms with Crippen molar-refractivity contribution >= 4 is 11.8 Å². The highest BCUT2D eigenvalue weighted by Gasteiger charge is 2.24. The van der Waals surface area contributed by atoms with E-state index in [9.17, 15) is 9.59 Å². The molecule has 2 rings (SSSR count). The lowest BCUT2D eigenvalue weighted by Crippen LogP contribution is -2.33. The van der Waals surface area contributed by atoms with Crippen LogP contribution in [0.15, 0.2) is 24.3 Å².